The second kappa shape index (κ2) is 7.80. The van der Waals surface area contributed by atoms with Crippen molar-refractivity contribution in [2.75, 3.05) is 0 Å². The van der Waals surface area contributed by atoms with E-state index in [9.17, 15) is 18.0 Å². The monoisotopic (exact) mass is 398 g/mol. The van der Waals surface area contributed by atoms with Gasteiger partial charge in [0.05, 0.1) is 35.1 Å². The number of nitrogens with one attached hydrogen (secondary N) is 1. The van der Waals surface area contributed by atoms with E-state index in [0.717, 1.165) is 12.1 Å². The lowest BCUT2D eigenvalue weighted by Gasteiger charge is -2.15. The predicted molar refractivity (Wildman–Crippen MR) is 100 cm³/mol. The molecule has 0 spiro atoms. The van der Waals surface area contributed by atoms with E-state index in [4.69, 9.17) is 5.26 Å². The Balaban J connectivity index is 1.83. The summed E-state index contributed by atoms with van der Waals surface area (Å²) in [4.78, 5) is 12.5. The van der Waals surface area contributed by atoms with Gasteiger partial charge in [0.25, 0.3) is 5.91 Å². The maximum absolute atomic E-state index is 13.0. The molecule has 1 amide bonds. The largest absolute Gasteiger partial charge is 0.416 e. The van der Waals surface area contributed by atoms with Gasteiger partial charge in [0, 0.05) is 16.8 Å². The highest BCUT2D eigenvalue weighted by Crippen LogP contribution is 2.31. The van der Waals surface area contributed by atoms with E-state index in [2.05, 4.69) is 10.4 Å². The van der Waals surface area contributed by atoms with Crippen LogP contribution in [-0.4, -0.2) is 15.7 Å². The second-order valence-electron chi connectivity index (χ2n) is 6.53. The molecular formula is C21H17F3N4O. The zero-order valence-corrected chi connectivity index (χ0v) is 15.7. The lowest BCUT2D eigenvalue weighted by molar-refractivity contribution is -0.137. The Kier molecular flexibility index (Phi) is 5.41. The number of hydrogen-bond acceptors (Lipinski definition) is 3. The van der Waals surface area contributed by atoms with Gasteiger partial charge in [-0.3, -0.25) is 4.79 Å². The molecule has 0 aliphatic heterocycles. The van der Waals surface area contributed by atoms with Crippen LogP contribution in [0.15, 0.2) is 54.7 Å². The van der Waals surface area contributed by atoms with Crippen LogP contribution in [0.5, 0.6) is 0 Å². The topological polar surface area (TPSA) is 70.7 Å². The molecule has 1 aromatic heterocycles. The van der Waals surface area contributed by atoms with Gasteiger partial charge in [-0.2, -0.15) is 23.5 Å². The molecule has 1 N–H and O–H groups in total. The molecule has 0 saturated carbocycles. The average Bonchev–Trinajstić information content (AvgIpc) is 3.09. The van der Waals surface area contributed by atoms with Gasteiger partial charge >= 0.3 is 6.18 Å². The Hall–Kier alpha value is -3.60. The number of amides is 1. The first-order valence-corrected chi connectivity index (χ1v) is 8.74. The van der Waals surface area contributed by atoms with Gasteiger partial charge in [-0.1, -0.05) is 12.1 Å². The van der Waals surface area contributed by atoms with Gasteiger partial charge in [0.2, 0.25) is 0 Å². The summed E-state index contributed by atoms with van der Waals surface area (Å²) in [6.07, 6.45) is -2.93. The van der Waals surface area contributed by atoms with Crippen LogP contribution in [0.25, 0.3) is 5.69 Å². The van der Waals surface area contributed by atoms with Crippen molar-refractivity contribution in [2.24, 2.45) is 0 Å². The minimum Gasteiger partial charge on any atom is -0.345 e. The van der Waals surface area contributed by atoms with E-state index < -0.39 is 17.8 Å². The molecule has 8 heteroatoms. The first kappa shape index (κ1) is 20.1. The van der Waals surface area contributed by atoms with Crippen molar-refractivity contribution in [1.82, 2.24) is 15.1 Å². The van der Waals surface area contributed by atoms with Crippen LogP contribution in [0.3, 0.4) is 0 Å². The smallest absolute Gasteiger partial charge is 0.345 e. The van der Waals surface area contributed by atoms with E-state index in [1.54, 1.807) is 32.0 Å². The number of alkyl halides is 3. The van der Waals surface area contributed by atoms with Crippen molar-refractivity contribution in [3.8, 4) is 11.8 Å². The Labute approximate surface area is 165 Å². The molecule has 3 aromatic rings. The summed E-state index contributed by atoms with van der Waals surface area (Å²) < 4.78 is 40.3. The minimum absolute atomic E-state index is 0.281. The number of aromatic nitrogens is 2. The van der Waals surface area contributed by atoms with Crippen LogP contribution < -0.4 is 5.32 Å². The molecule has 29 heavy (non-hydrogen) atoms. The first-order valence-electron chi connectivity index (χ1n) is 8.74. The van der Waals surface area contributed by atoms with Crippen molar-refractivity contribution >= 4 is 5.91 Å². The standard InChI is InChI=1S/C21H17F3N4O/c1-13(27-20(29)16-6-3-5-15(9-16)11-25)19-12-26-28(14(19)2)18-8-4-7-17(10-18)21(22,23)24/h3-10,12-13H,1-2H3,(H,27,29)/t13-/m1/s1. The highest BCUT2D eigenvalue weighted by molar-refractivity contribution is 5.94. The van der Waals surface area contributed by atoms with Crippen molar-refractivity contribution < 1.29 is 18.0 Å². The highest BCUT2D eigenvalue weighted by atomic mass is 19.4. The van der Waals surface area contributed by atoms with E-state index in [1.807, 2.05) is 6.07 Å². The van der Waals surface area contributed by atoms with Crippen LogP contribution >= 0.6 is 0 Å². The number of carbonyl (C=O) groups excluding carboxylic acids is 1. The SMILES string of the molecule is Cc1c([C@@H](C)NC(=O)c2cccc(C#N)c2)cnn1-c1cccc(C(F)(F)F)c1. The lowest BCUT2D eigenvalue weighted by Crippen LogP contribution is -2.27. The van der Waals surface area contributed by atoms with E-state index >= 15 is 0 Å². The van der Waals surface area contributed by atoms with Crippen LogP contribution in [0.2, 0.25) is 0 Å². The average molecular weight is 398 g/mol. The molecule has 0 aliphatic rings. The van der Waals surface area contributed by atoms with E-state index in [1.165, 1.54) is 29.1 Å². The molecule has 148 valence electrons. The number of halogens is 3. The Morgan fingerprint density at radius 3 is 2.62 bits per heavy atom. The van der Waals surface area contributed by atoms with Crippen LogP contribution in [0.1, 0.15) is 45.7 Å². The van der Waals surface area contributed by atoms with Crippen molar-refractivity contribution in [3.63, 3.8) is 0 Å². The number of hydrogen-bond donors (Lipinski definition) is 1. The molecule has 0 radical (unpaired) electrons. The summed E-state index contributed by atoms with van der Waals surface area (Å²) in [5.74, 6) is -0.360. The zero-order chi connectivity index (χ0) is 21.2. The summed E-state index contributed by atoms with van der Waals surface area (Å²) >= 11 is 0. The molecule has 0 fully saturated rings. The molecule has 2 aromatic carbocycles. The van der Waals surface area contributed by atoms with Crippen molar-refractivity contribution in [3.05, 3.63) is 82.7 Å². The van der Waals surface area contributed by atoms with Gasteiger partial charge in [-0.25, -0.2) is 4.68 Å². The van der Waals surface area contributed by atoms with E-state index in [0.29, 0.717) is 22.4 Å². The van der Waals surface area contributed by atoms with Crippen LogP contribution in [-0.2, 0) is 6.18 Å². The van der Waals surface area contributed by atoms with Gasteiger partial charge < -0.3 is 5.32 Å². The fourth-order valence-electron chi connectivity index (χ4n) is 3.01. The second-order valence-corrected chi connectivity index (χ2v) is 6.53. The van der Waals surface area contributed by atoms with Crippen LogP contribution in [0, 0.1) is 18.3 Å². The minimum atomic E-state index is -4.45. The normalized spacial score (nSPS) is 12.3. The molecule has 1 heterocycles. The van der Waals surface area contributed by atoms with Gasteiger partial charge in [-0.15, -0.1) is 0 Å². The zero-order valence-electron chi connectivity index (χ0n) is 15.7. The molecule has 0 bridgehead atoms. The fourth-order valence-corrected chi connectivity index (χ4v) is 3.01. The summed E-state index contributed by atoms with van der Waals surface area (Å²) in [6, 6.07) is 12.7. The summed E-state index contributed by atoms with van der Waals surface area (Å²) in [6.45, 7) is 3.48. The predicted octanol–water partition coefficient (Wildman–Crippen LogP) is 4.56. The molecule has 0 saturated heterocycles. The number of nitrogens with zero attached hydrogens (tertiary/aromatic N) is 3. The number of benzene rings is 2. The Bertz CT molecular complexity index is 1100. The number of rotatable bonds is 4. The van der Waals surface area contributed by atoms with E-state index in [-0.39, 0.29) is 11.6 Å². The Morgan fingerprint density at radius 1 is 1.21 bits per heavy atom. The number of nitriles is 1. The third-order valence-electron chi connectivity index (χ3n) is 4.53. The van der Waals surface area contributed by atoms with Gasteiger partial charge in [0.1, 0.15) is 0 Å². The molecular weight excluding hydrogens is 381 g/mol. The van der Waals surface area contributed by atoms with Crippen molar-refractivity contribution in [2.45, 2.75) is 26.1 Å². The molecule has 0 unspecified atom stereocenters. The first-order chi connectivity index (χ1) is 13.7. The lowest BCUT2D eigenvalue weighted by atomic mass is 10.1. The van der Waals surface area contributed by atoms with Gasteiger partial charge in [-0.05, 0) is 50.2 Å². The molecule has 1 atom stereocenters. The third-order valence-corrected chi connectivity index (χ3v) is 4.53. The molecule has 5 nitrogen and oxygen atoms in total. The van der Waals surface area contributed by atoms with Gasteiger partial charge in [0.15, 0.2) is 0 Å². The van der Waals surface area contributed by atoms with Crippen LogP contribution in [0.4, 0.5) is 13.2 Å². The summed E-state index contributed by atoms with van der Waals surface area (Å²) in [7, 11) is 0. The maximum atomic E-state index is 13.0. The molecule has 0 aliphatic carbocycles. The summed E-state index contributed by atoms with van der Waals surface area (Å²) in [5.41, 5.74) is 1.53. The maximum Gasteiger partial charge on any atom is 0.416 e. The summed E-state index contributed by atoms with van der Waals surface area (Å²) in [5, 5.41) is 16.0. The number of carbonyl (C=O) groups is 1. The Morgan fingerprint density at radius 2 is 1.93 bits per heavy atom. The fraction of sp³-hybridized carbons (Fsp3) is 0.190. The van der Waals surface area contributed by atoms with Crippen molar-refractivity contribution in [1.29, 1.82) is 5.26 Å². The highest BCUT2D eigenvalue weighted by Gasteiger charge is 2.30. The quantitative estimate of drug-likeness (QED) is 0.700. The third kappa shape index (κ3) is 4.29. The molecule has 3 rings (SSSR count).